The van der Waals surface area contributed by atoms with Gasteiger partial charge in [-0.25, -0.2) is 8.78 Å². The third kappa shape index (κ3) is 4.25. The summed E-state index contributed by atoms with van der Waals surface area (Å²) in [6.45, 7) is 1.77. The Hall–Kier alpha value is -3.06. The number of carbonyl (C=O) groups excluding carboxylic acids is 3. The molecule has 8 nitrogen and oxygen atoms in total. The molecule has 3 heterocycles. The number of hydrogen-bond acceptors (Lipinski definition) is 5. The van der Waals surface area contributed by atoms with Crippen molar-refractivity contribution in [2.45, 2.75) is 68.7 Å². The van der Waals surface area contributed by atoms with Crippen LogP contribution in [0.2, 0.25) is 0 Å². The number of nitrogens with one attached hydrogen (secondary N) is 2. The molecule has 3 amide bonds. The van der Waals surface area contributed by atoms with Crippen molar-refractivity contribution in [3.05, 3.63) is 35.9 Å². The molecule has 3 saturated heterocycles. The number of alkyl halides is 2. The molecule has 1 aliphatic carbocycles. The maximum atomic E-state index is 14.9. The minimum atomic E-state index is -3.16. The summed E-state index contributed by atoms with van der Waals surface area (Å²) in [4.78, 5) is 39.8. The Morgan fingerprint density at radius 1 is 1.32 bits per heavy atom. The first-order valence-corrected chi connectivity index (χ1v) is 11.5. The maximum absolute atomic E-state index is 14.9. The molecule has 0 aromatic heterocycles. The Morgan fingerprint density at radius 3 is 2.62 bits per heavy atom. The molecule has 10 heteroatoms. The molecule has 3 N–H and O–H groups in total. The summed E-state index contributed by atoms with van der Waals surface area (Å²) in [6.07, 6.45) is 0.340. The van der Waals surface area contributed by atoms with Crippen LogP contribution in [0.25, 0.3) is 0 Å². The van der Waals surface area contributed by atoms with E-state index in [-0.39, 0.29) is 24.3 Å². The van der Waals surface area contributed by atoms with Gasteiger partial charge in [0.15, 0.2) is 5.60 Å². The highest BCUT2D eigenvalue weighted by molar-refractivity contribution is 5.93. The highest BCUT2D eigenvalue weighted by atomic mass is 19.3. The molecule has 1 aromatic rings. The summed E-state index contributed by atoms with van der Waals surface area (Å²) >= 11 is 0. The molecule has 1 aromatic carbocycles. The van der Waals surface area contributed by atoms with Gasteiger partial charge >= 0.3 is 0 Å². The van der Waals surface area contributed by atoms with Gasteiger partial charge in [0.1, 0.15) is 12.1 Å². The predicted octanol–water partition coefficient (Wildman–Crippen LogP) is 1.44. The fourth-order valence-electron chi connectivity index (χ4n) is 5.49. The summed E-state index contributed by atoms with van der Waals surface area (Å²) in [5.74, 6) is -6.95. The van der Waals surface area contributed by atoms with Gasteiger partial charge in [0, 0.05) is 24.9 Å². The maximum Gasteiger partial charge on any atom is 0.259 e. The molecule has 1 saturated carbocycles. The number of fused-ring (bicyclic) bond motifs is 3. The molecule has 6 atom stereocenters. The number of nitrogens with zero attached hydrogens (tertiary/aromatic N) is 2. The summed E-state index contributed by atoms with van der Waals surface area (Å²) in [7, 11) is 0. The normalized spacial score (nSPS) is 30.1. The van der Waals surface area contributed by atoms with Crippen LogP contribution in [0.5, 0.6) is 0 Å². The number of aliphatic hydroxyl groups is 1. The largest absolute Gasteiger partial charge is 0.376 e. The van der Waals surface area contributed by atoms with Crippen LogP contribution < -0.4 is 10.6 Å². The van der Waals surface area contributed by atoms with Crippen molar-refractivity contribution in [3.8, 4) is 6.07 Å². The fourth-order valence-corrected chi connectivity index (χ4v) is 5.49. The van der Waals surface area contributed by atoms with Gasteiger partial charge in [-0.2, -0.15) is 5.26 Å². The van der Waals surface area contributed by atoms with Gasteiger partial charge in [-0.15, -0.1) is 0 Å². The van der Waals surface area contributed by atoms with Crippen LogP contribution in [-0.2, 0) is 20.0 Å². The van der Waals surface area contributed by atoms with Crippen molar-refractivity contribution >= 4 is 17.7 Å². The number of nitriles is 1. The van der Waals surface area contributed by atoms with Crippen LogP contribution >= 0.6 is 0 Å². The third-order valence-electron chi connectivity index (χ3n) is 7.35. The standard InChI is InChI=1S/C24H28F2N4O4/c1-23(34,15-5-3-2-4-6-15)22(33)30-17-7-8-18(24(25,26)12-17)19(30)21(32)29-16(13-27)11-14-9-10-28-20(14)31/h2-6,14,16-19,34H,7-12H2,1H3,(H,28,31)(H,29,32)/t14-,16+,17+,18+,19+,23-/m1/s1. The number of hydrogen-bond donors (Lipinski definition) is 3. The Kier molecular flexibility index (Phi) is 6.34. The van der Waals surface area contributed by atoms with Crippen LogP contribution in [0.1, 0.15) is 44.6 Å². The van der Waals surface area contributed by atoms with Gasteiger partial charge in [0.05, 0.1) is 12.0 Å². The van der Waals surface area contributed by atoms with E-state index in [0.717, 1.165) is 4.90 Å². The van der Waals surface area contributed by atoms with E-state index in [9.17, 15) is 33.5 Å². The lowest BCUT2D eigenvalue weighted by atomic mass is 9.70. The average molecular weight is 475 g/mol. The zero-order valence-electron chi connectivity index (χ0n) is 18.8. The predicted molar refractivity (Wildman–Crippen MR) is 116 cm³/mol. The number of carbonyl (C=O) groups is 3. The zero-order chi connectivity index (χ0) is 24.7. The van der Waals surface area contributed by atoms with E-state index in [1.165, 1.54) is 6.92 Å². The lowest BCUT2D eigenvalue weighted by Gasteiger charge is -2.54. The van der Waals surface area contributed by atoms with Gasteiger partial charge in [0.25, 0.3) is 11.8 Å². The molecule has 3 aliphatic heterocycles. The SMILES string of the molecule is C[C@](O)(C(=O)N1[C@H]2CC[C@@H]([C@H]1C(=O)N[C@H](C#N)C[C@H]1CCNC1=O)C(F)(F)C2)c1ccccc1. The first-order valence-electron chi connectivity index (χ1n) is 11.5. The summed E-state index contributed by atoms with van der Waals surface area (Å²) in [5.41, 5.74) is -1.74. The Bertz CT molecular complexity index is 1010. The van der Waals surface area contributed by atoms with Gasteiger partial charge in [-0.05, 0) is 38.2 Å². The quantitative estimate of drug-likeness (QED) is 0.576. The average Bonchev–Trinajstić information content (AvgIpc) is 3.21. The summed E-state index contributed by atoms with van der Waals surface area (Å²) < 4.78 is 29.7. The number of benzene rings is 1. The Labute approximate surface area is 196 Å². The Morgan fingerprint density at radius 2 is 2.03 bits per heavy atom. The molecule has 4 fully saturated rings. The number of amides is 3. The van der Waals surface area contributed by atoms with Gasteiger partial charge in [-0.3, -0.25) is 14.4 Å². The molecule has 34 heavy (non-hydrogen) atoms. The molecule has 4 aliphatic rings. The van der Waals surface area contributed by atoms with E-state index in [1.54, 1.807) is 30.3 Å². The second-order valence-corrected chi connectivity index (χ2v) is 9.60. The molecule has 5 rings (SSSR count). The minimum Gasteiger partial charge on any atom is -0.376 e. The molecule has 182 valence electrons. The van der Waals surface area contributed by atoms with Crippen molar-refractivity contribution in [1.82, 2.24) is 15.5 Å². The molecule has 0 unspecified atom stereocenters. The van der Waals surface area contributed by atoms with Crippen LogP contribution in [0.4, 0.5) is 8.78 Å². The van der Waals surface area contributed by atoms with E-state index < -0.39 is 59.7 Å². The van der Waals surface area contributed by atoms with Crippen molar-refractivity contribution in [1.29, 1.82) is 5.26 Å². The third-order valence-corrected chi connectivity index (χ3v) is 7.35. The minimum absolute atomic E-state index is 0.0509. The second-order valence-electron chi connectivity index (χ2n) is 9.60. The summed E-state index contributed by atoms with van der Waals surface area (Å²) in [6, 6.07) is 6.55. The lowest BCUT2D eigenvalue weighted by molar-refractivity contribution is -0.203. The number of rotatable bonds is 6. The summed E-state index contributed by atoms with van der Waals surface area (Å²) in [5, 5.41) is 25.8. The van der Waals surface area contributed by atoms with Crippen molar-refractivity contribution < 1.29 is 28.3 Å². The highest BCUT2D eigenvalue weighted by Gasteiger charge is 2.62. The molecule has 0 radical (unpaired) electrons. The monoisotopic (exact) mass is 474 g/mol. The first kappa shape index (κ1) is 24.1. The van der Waals surface area contributed by atoms with Crippen LogP contribution in [0, 0.1) is 23.2 Å². The topological polar surface area (TPSA) is 123 Å². The van der Waals surface area contributed by atoms with Crippen molar-refractivity contribution in [3.63, 3.8) is 0 Å². The fraction of sp³-hybridized carbons (Fsp3) is 0.583. The van der Waals surface area contributed by atoms with E-state index in [1.807, 2.05) is 6.07 Å². The van der Waals surface area contributed by atoms with E-state index in [0.29, 0.717) is 19.4 Å². The lowest BCUT2D eigenvalue weighted by Crippen LogP contribution is -2.70. The van der Waals surface area contributed by atoms with Crippen molar-refractivity contribution in [2.24, 2.45) is 11.8 Å². The van der Waals surface area contributed by atoms with E-state index in [2.05, 4.69) is 10.6 Å². The second kappa shape index (κ2) is 8.95. The van der Waals surface area contributed by atoms with Crippen LogP contribution in [-0.4, -0.2) is 58.3 Å². The van der Waals surface area contributed by atoms with Crippen LogP contribution in [0.15, 0.2) is 30.3 Å². The molecule has 2 bridgehead atoms. The smallest absolute Gasteiger partial charge is 0.259 e. The Balaban J connectivity index is 1.60. The van der Waals surface area contributed by atoms with Gasteiger partial charge in [-0.1, -0.05) is 30.3 Å². The van der Waals surface area contributed by atoms with Gasteiger partial charge in [0.2, 0.25) is 11.8 Å². The zero-order valence-corrected chi connectivity index (χ0v) is 18.8. The molecular weight excluding hydrogens is 446 g/mol. The number of halogens is 2. The first-order chi connectivity index (χ1) is 16.1. The van der Waals surface area contributed by atoms with Gasteiger partial charge < -0.3 is 20.6 Å². The van der Waals surface area contributed by atoms with E-state index >= 15 is 0 Å². The molecule has 0 spiro atoms. The van der Waals surface area contributed by atoms with E-state index in [4.69, 9.17) is 0 Å². The van der Waals surface area contributed by atoms with Crippen LogP contribution in [0.3, 0.4) is 0 Å². The molecular formula is C24H28F2N4O4. The highest BCUT2D eigenvalue weighted by Crippen LogP contribution is 2.50. The van der Waals surface area contributed by atoms with Crippen molar-refractivity contribution in [2.75, 3.05) is 6.54 Å². The number of piperidine rings is 2.